The van der Waals surface area contributed by atoms with Crippen molar-refractivity contribution in [2.24, 2.45) is 0 Å². The quantitative estimate of drug-likeness (QED) is 0.443. The van der Waals surface area contributed by atoms with Crippen LogP contribution in [0.25, 0.3) is 22.1 Å². The molecule has 0 bridgehead atoms. The van der Waals surface area contributed by atoms with Gasteiger partial charge in [0.2, 0.25) is 5.01 Å². The normalized spacial score (nSPS) is 11.6. The summed E-state index contributed by atoms with van der Waals surface area (Å²) in [6, 6.07) is 15.5. The lowest BCUT2D eigenvalue weighted by Gasteiger charge is -2.03. The van der Waals surface area contributed by atoms with Gasteiger partial charge < -0.3 is 14.5 Å². The Morgan fingerprint density at radius 1 is 1.20 bits per heavy atom. The number of ether oxygens (including phenoxy) is 1. The van der Waals surface area contributed by atoms with Gasteiger partial charge in [-0.3, -0.25) is 4.79 Å². The first kappa shape index (κ1) is 20.1. The Balaban J connectivity index is 1.47. The van der Waals surface area contributed by atoms with Crippen molar-refractivity contribution in [1.29, 1.82) is 0 Å². The molecule has 0 saturated heterocycles. The number of fused-ring (bicyclic) bond motifs is 1. The summed E-state index contributed by atoms with van der Waals surface area (Å²) >= 11 is 7.51. The number of amides is 1. The highest BCUT2D eigenvalue weighted by molar-refractivity contribution is 7.15. The van der Waals surface area contributed by atoms with E-state index in [0.29, 0.717) is 33.7 Å². The molecule has 0 atom stereocenters. The van der Waals surface area contributed by atoms with Crippen molar-refractivity contribution in [2.45, 2.75) is 13.5 Å². The van der Waals surface area contributed by atoms with Crippen molar-refractivity contribution in [2.75, 3.05) is 7.11 Å². The topological polar surface area (TPSA) is 77.2 Å². The SMILES string of the molecule is COc1cccc2cc(/C=C(\Cl)c3nnc(C(=O)NCc4ccc(C)cc4)s3)oc12. The zero-order chi connectivity index (χ0) is 21.1. The van der Waals surface area contributed by atoms with Crippen molar-refractivity contribution in [1.82, 2.24) is 15.5 Å². The molecule has 6 nitrogen and oxygen atoms in total. The summed E-state index contributed by atoms with van der Waals surface area (Å²) in [6.07, 6.45) is 1.65. The number of furan rings is 1. The van der Waals surface area contributed by atoms with Gasteiger partial charge in [-0.25, -0.2) is 0 Å². The summed E-state index contributed by atoms with van der Waals surface area (Å²) in [4.78, 5) is 12.4. The standard InChI is InChI=1S/C22H18ClN3O3S/c1-13-6-8-14(9-7-13)12-24-20(27)22-26-25-21(30-22)17(23)11-16-10-15-4-3-5-18(28-2)19(15)29-16/h3-11H,12H2,1-2H3,(H,24,27)/b17-11-. The van der Waals surface area contributed by atoms with E-state index in [2.05, 4.69) is 15.5 Å². The summed E-state index contributed by atoms with van der Waals surface area (Å²) in [6.45, 7) is 2.43. The number of hydrogen-bond donors (Lipinski definition) is 1. The molecule has 0 unspecified atom stereocenters. The minimum Gasteiger partial charge on any atom is -0.493 e. The Morgan fingerprint density at radius 3 is 2.73 bits per heavy atom. The van der Waals surface area contributed by atoms with Gasteiger partial charge in [0, 0.05) is 18.0 Å². The van der Waals surface area contributed by atoms with Crippen LogP contribution < -0.4 is 10.1 Å². The molecule has 2 aromatic carbocycles. The second kappa shape index (κ2) is 8.69. The van der Waals surface area contributed by atoms with Crippen LogP contribution in [0.3, 0.4) is 0 Å². The molecule has 0 aliphatic carbocycles. The number of para-hydroxylation sites is 1. The number of benzene rings is 2. The highest BCUT2D eigenvalue weighted by Crippen LogP contribution is 2.31. The van der Waals surface area contributed by atoms with Gasteiger partial charge in [0.15, 0.2) is 16.3 Å². The van der Waals surface area contributed by atoms with E-state index < -0.39 is 0 Å². The maximum atomic E-state index is 12.4. The van der Waals surface area contributed by atoms with Gasteiger partial charge in [-0.2, -0.15) is 0 Å². The van der Waals surface area contributed by atoms with E-state index >= 15 is 0 Å². The first-order chi connectivity index (χ1) is 14.5. The van der Waals surface area contributed by atoms with Gasteiger partial charge >= 0.3 is 0 Å². The maximum absolute atomic E-state index is 12.4. The van der Waals surface area contributed by atoms with E-state index in [1.807, 2.05) is 55.5 Å². The van der Waals surface area contributed by atoms with E-state index in [-0.39, 0.29) is 10.9 Å². The van der Waals surface area contributed by atoms with Gasteiger partial charge in [0.25, 0.3) is 5.91 Å². The smallest absolute Gasteiger partial charge is 0.282 e. The summed E-state index contributed by atoms with van der Waals surface area (Å²) in [5.41, 5.74) is 2.82. The van der Waals surface area contributed by atoms with E-state index in [1.165, 1.54) is 5.56 Å². The van der Waals surface area contributed by atoms with Crippen LogP contribution >= 0.6 is 22.9 Å². The number of carbonyl (C=O) groups excluding carboxylic acids is 1. The van der Waals surface area contributed by atoms with E-state index in [9.17, 15) is 4.79 Å². The molecule has 0 spiro atoms. The first-order valence-electron chi connectivity index (χ1n) is 9.15. The number of methoxy groups -OCH3 is 1. The minimum atomic E-state index is -0.294. The first-order valence-corrected chi connectivity index (χ1v) is 10.3. The molecule has 0 aliphatic heterocycles. The largest absolute Gasteiger partial charge is 0.493 e. The molecule has 0 saturated carbocycles. The number of hydrogen-bond acceptors (Lipinski definition) is 6. The van der Waals surface area contributed by atoms with Crippen LogP contribution in [0.2, 0.25) is 0 Å². The Hall–Kier alpha value is -3.16. The fourth-order valence-electron chi connectivity index (χ4n) is 2.85. The average Bonchev–Trinajstić information content (AvgIpc) is 3.40. The van der Waals surface area contributed by atoms with Gasteiger partial charge in [0.05, 0.1) is 12.1 Å². The fourth-order valence-corrected chi connectivity index (χ4v) is 3.78. The predicted octanol–water partition coefficient (Wildman–Crippen LogP) is 5.27. The number of carbonyl (C=O) groups is 1. The molecule has 1 amide bonds. The van der Waals surface area contributed by atoms with Crippen LogP contribution in [0.1, 0.15) is 31.7 Å². The third-order valence-electron chi connectivity index (χ3n) is 4.41. The maximum Gasteiger partial charge on any atom is 0.282 e. The minimum absolute atomic E-state index is 0.245. The summed E-state index contributed by atoms with van der Waals surface area (Å²) in [7, 11) is 1.59. The van der Waals surface area contributed by atoms with Gasteiger partial charge in [-0.1, -0.05) is 64.9 Å². The van der Waals surface area contributed by atoms with Crippen LogP contribution in [0, 0.1) is 6.92 Å². The molecule has 2 aromatic heterocycles. The van der Waals surface area contributed by atoms with Crippen molar-refractivity contribution in [3.8, 4) is 5.75 Å². The monoisotopic (exact) mass is 439 g/mol. The number of aryl methyl sites for hydroxylation is 1. The van der Waals surface area contributed by atoms with Crippen molar-refractivity contribution >= 4 is 50.9 Å². The number of nitrogens with one attached hydrogen (secondary N) is 1. The number of nitrogens with zero attached hydrogens (tertiary/aromatic N) is 2. The zero-order valence-electron chi connectivity index (χ0n) is 16.3. The van der Waals surface area contributed by atoms with Gasteiger partial charge in [0.1, 0.15) is 5.76 Å². The van der Waals surface area contributed by atoms with Crippen LogP contribution in [-0.4, -0.2) is 23.2 Å². The lowest BCUT2D eigenvalue weighted by molar-refractivity contribution is 0.0950. The van der Waals surface area contributed by atoms with Crippen LogP contribution in [0.5, 0.6) is 5.75 Å². The second-order valence-corrected chi connectivity index (χ2v) is 7.99. The number of rotatable bonds is 6. The lowest BCUT2D eigenvalue weighted by Crippen LogP contribution is -2.22. The van der Waals surface area contributed by atoms with Crippen molar-refractivity contribution in [3.05, 3.63) is 75.4 Å². The molecule has 0 fully saturated rings. The van der Waals surface area contributed by atoms with Crippen molar-refractivity contribution in [3.63, 3.8) is 0 Å². The molecule has 1 N–H and O–H groups in total. The Bertz CT molecular complexity index is 1230. The number of aromatic nitrogens is 2. The molecule has 0 radical (unpaired) electrons. The Morgan fingerprint density at radius 2 is 1.97 bits per heavy atom. The van der Waals surface area contributed by atoms with Crippen LogP contribution in [0.4, 0.5) is 0 Å². The third kappa shape index (κ3) is 4.37. The van der Waals surface area contributed by atoms with E-state index in [4.69, 9.17) is 20.8 Å². The Labute approximate surface area is 182 Å². The molecule has 152 valence electrons. The molecule has 0 aliphatic rings. The van der Waals surface area contributed by atoms with Gasteiger partial charge in [-0.15, -0.1) is 10.2 Å². The zero-order valence-corrected chi connectivity index (χ0v) is 17.9. The highest BCUT2D eigenvalue weighted by Gasteiger charge is 2.15. The molecule has 2 heterocycles. The van der Waals surface area contributed by atoms with E-state index in [0.717, 1.165) is 22.3 Å². The number of halogens is 1. The Kier molecular flexibility index (Phi) is 5.83. The van der Waals surface area contributed by atoms with E-state index in [1.54, 1.807) is 13.2 Å². The molecule has 4 aromatic rings. The molecular weight excluding hydrogens is 422 g/mol. The van der Waals surface area contributed by atoms with Crippen molar-refractivity contribution < 1.29 is 13.9 Å². The lowest BCUT2D eigenvalue weighted by atomic mass is 10.1. The third-order valence-corrected chi connectivity index (χ3v) is 5.77. The molecule has 4 rings (SSSR count). The molecular formula is C22H18ClN3O3S. The van der Waals surface area contributed by atoms with Crippen LogP contribution in [0.15, 0.2) is 52.9 Å². The predicted molar refractivity (Wildman–Crippen MR) is 119 cm³/mol. The van der Waals surface area contributed by atoms with Crippen LogP contribution in [-0.2, 0) is 6.54 Å². The molecule has 8 heteroatoms. The van der Waals surface area contributed by atoms with Gasteiger partial charge in [-0.05, 0) is 24.6 Å². The molecule has 30 heavy (non-hydrogen) atoms. The highest BCUT2D eigenvalue weighted by atomic mass is 35.5. The summed E-state index contributed by atoms with van der Waals surface area (Å²) < 4.78 is 11.1. The fraction of sp³-hybridized carbons (Fsp3) is 0.136. The summed E-state index contributed by atoms with van der Waals surface area (Å²) in [5.74, 6) is 0.907. The average molecular weight is 440 g/mol. The second-order valence-electron chi connectivity index (χ2n) is 6.60. The summed E-state index contributed by atoms with van der Waals surface area (Å²) in [5, 5.41) is 12.7.